The summed E-state index contributed by atoms with van der Waals surface area (Å²) in [6, 6.07) is 47.4. The molecule has 1 aliphatic carbocycles. The molecule has 0 bridgehead atoms. The number of nitrogens with zero attached hydrogens (tertiary/aromatic N) is 5. The van der Waals surface area contributed by atoms with Crippen LogP contribution in [0.2, 0.25) is 0 Å². The molecule has 2 N–H and O–H groups in total. The molecule has 8 rings (SSSR count). The SMILES string of the molecule is CCCCc1nc(NC(=O)C(Br)C2CC2)[nH]c(=O)c1Cc1ccc(-c2ccccc2)c(-c2nnnn2C(c2ccccc2)(c2ccccc2)c2ccccc2)c1. The predicted molar refractivity (Wildman–Crippen MR) is 224 cm³/mol. The van der Waals surface area contributed by atoms with E-state index in [0.29, 0.717) is 35.8 Å². The van der Waals surface area contributed by atoms with E-state index < -0.39 is 5.54 Å². The van der Waals surface area contributed by atoms with E-state index in [4.69, 9.17) is 15.3 Å². The summed E-state index contributed by atoms with van der Waals surface area (Å²) < 4.78 is 1.94. The maximum absolute atomic E-state index is 13.9. The molecule has 280 valence electrons. The van der Waals surface area contributed by atoms with Gasteiger partial charge in [0.1, 0.15) is 5.54 Å². The Bertz CT molecular complexity index is 2390. The van der Waals surface area contributed by atoms with Gasteiger partial charge in [-0.15, -0.1) is 5.10 Å². The first-order valence-electron chi connectivity index (χ1n) is 19.2. The van der Waals surface area contributed by atoms with Crippen molar-refractivity contribution in [3.05, 3.63) is 183 Å². The van der Waals surface area contributed by atoms with Gasteiger partial charge in [0.25, 0.3) is 5.56 Å². The van der Waals surface area contributed by atoms with Crippen molar-refractivity contribution in [2.75, 3.05) is 5.32 Å². The number of hydrogen-bond donors (Lipinski definition) is 2. The average Bonchev–Trinajstić information content (AvgIpc) is 3.99. The number of aromatic nitrogens is 6. The fraction of sp³-hybridized carbons (Fsp3) is 0.217. The fourth-order valence-corrected chi connectivity index (χ4v) is 8.21. The number of tetrazole rings is 1. The first-order valence-corrected chi connectivity index (χ1v) is 20.1. The highest BCUT2D eigenvalue weighted by atomic mass is 79.9. The van der Waals surface area contributed by atoms with Gasteiger partial charge in [0.15, 0.2) is 5.82 Å². The van der Waals surface area contributed by atoms with E-state index in [1.54, 1.807) is 0 Å². The van der Waals surface area contributed by atoms with E-state index in [0.717, 1.165) is 64.6 Å². The number of halogens is 1. The smallest absolute Gasteiger partial charge is 0.256 e. The molecule has 0 radical (unpaired) electrons. The van der Waals surface area contributed by atoms with E-state index in [1.807, 2.05) is 77.5 Å². The number of aryl methyl sites for hydroxylation is 1. The summed E-state index contributed by atoms with van der Waals surface area (Å²) in [5.41, 5.74) is 6.69. The minimum Gasteiger partial charge on any atom is -0.295 e. The zero-order valence-electron chi connectivity index (χ0n) is 31.1. The molecule has 56 heavy (non-hydrogen) atoms. The van der Waals surface area contributed by atoms with Crippen LogP contribution < -0.4 is 10.9 Å². The second kappa shape index (κ2) is 16.4. The number of hydrogen-bond acceptors (Lipinski definition) is 6. The van der Waals surface area contributed by atoms with Crippen LogP contribution in [0.1, 0.15) is 66.1 Å². The Labute approximate surface area is 334 Å². The first-order chi connectivity index (χ1) is 27.5. The lowest BCUT2D eigenvalue weighted by Crippen LogP contribution is -2.39. The van der Waals surface area contributed by atoms with Gasteiger partial charge in [0.05, 0.1) is 10.5 Å². The fourth-order valence-electron chi connectivity index (χ4n) is 7.57. The summed E-state index contributed by atoms with van der Waals surface area (Å²) in [5.74, 6) is 0.867. The summed E-state index contributed by atoms with van der Waals surface area (Å²) in [5, 5.41) is 16.8. The van der Waals surface area contributed by atoms with Gasteiger partial charge in [-0.2, -0.15) is 0 Å². The number of unbranched alkanes of at least 4 members (excludes halogenated alkanes) is 1. The Morgan fingerprint density at radius 3 is 2.00 bits per heavy atom. The predicted octanol–water partition coefficient (Wildman–Crippen LogP) is 8.98. The lowest BCUT2D eigenvalue weighted by Gasteiger charge is -2.36. The van der Waals surface area contributed by atoms with Crippen molar-refractivity contribution in [2.24, 2.45) is 5.92 Å². The zero-order valence-corrected chi connectivity index (χ0v) is 32.7. The molecule has 0 aliphatic heterocycles. The maximum atomic E-state index is 13.9. The molecule has 9 nitrogen and oxygen atoms in total. The van der Waals surface area contributed by atoms with Gasteiger partial charge in [0, 0.05) is 17.5 Å². The molecule has 1 saturated carbocycles. The maximum Gasteiger partial charge on any atom is 0.256 e. The Hall–Kier alpha value is -6.00. The summed E-state index contributed by atoms with van der Waals surface area (Å²) in [7, 11) is 0. The van der Waals surface area contributed by atoms with Crippen molar-refractivity contribution in [3.8, 4) is 22.5 Å². The van der Waals surface area contributed by atoms with Gasteiger partial charge in [-0.1, -0.05) is 163 Å². The zero-order chi connectivity index (χ0) is 38.5. The molecular weight excluding hydrogens is 762 g/mol. The molecule has 0 spiro atoms. The summed E-state index contributed by atoms with van der Waals surface area (Å²) in [4.78, 5) is 34.2. The Morgan fingerprint density at radius 2 is 1.43 bits per heavy atom. The van der Waals surface area contributed by atoms with Gasteiger partial charge in [0.2, 0.25) is 11.9 Å². The first kappa shape index (κ1) is 36.9. The number of alkyl halides is 1. The van der Waals surface area contributed by atoms with E-state index in [9.17, 15) is 9.59 Å². The highest BCUT2D eigenvalue weighted by Crippen LogP contribution is 2.44. The van der Waals surface area contributed by atoms with Crippen molar-refractivity contribution in [1.82, 2.24) is 30.2 Å². The molecule has 1 aliphatic rings. The molecule has 1 amide bonds. The monoisotopic (exact) mass is 803 g/mol. The van der Waals surface area contributed by atoms with E-state index >= 15 is 0 Å². The number of nitrogens with one attached hydrogen (secondary N) is 2. The number of rotatable bonds is 14. The lowest BCUT2D eigenvalue weighted by atomic mass is 9.76. The quantitative estimate of drug-likeness (QED) is 0.0838. The van der Waals surface area contributed by atoms with Gasteiger partial charge in [-0.05, 0) is 81.5 Å². The topological polar surface area (TPSA) is 118 Å². The van der Waals surface area contributed by atoms with Crippen molar-refractivity contribution >= 4 is 27.8 Å². The van der Waals surface area contributed by atoms with Gasteiger partial charge >= 0.3 is 0 Å². The number of anilines is 1. The van der Waals surface area contributed by atoms with Crippen LogP contribution >= 0.6 is 15.9 Å². The second-order valence-corrected chi connectivity index (χ2v) is 15.3. The van der Waals surface area contributed by atoms with Crippen LogP contribution in [0.3, 0.4) is 0 Å². The third-order valence-electron chi connectivity index (χ3n) is 10.5. The van der Waals surface area contributed by atoms with Crippen molar-refractivity contribution in [2.45, 2.75) is 55.8 Å². The molecule has 1 fully saturated rings. The number of aromatic amines is 1. The van der Waals surface area contributed by atoms with Crippen LogP contribution in [0.15, 0.2) is 144 Å². The van der Waals surface area contributed by atoms with E-state index in [2.05, 4.69) is 105 Å². The average molecular weight is 805 g/mol. The van der Waals surface area contributed by atoms with Crippen LogP contribution in [-0.4, -0.2) is 40.9 Å². The Balaban J connectivity index is 1.29. The van der Waals surface area contributed by atoms with Crippen LogP contribution in [0.4, 0.5) is 5.95 Å². The minimum absolute atomic E-state index is 0.179. The third-order valence-corrected chi connectivity index (χ3v) is 11.7. The summed E-state index contributed by atoms with van der Waals surface area (Å²) in [6.07, 6.45) is 4.75. The molecule has 5 aromatic carbocycles. The largest absolute Gasteiger partial charge is 0.295 e. The van der Waals surface area contributed by atoms with Gasteiger partial charge in [-0.3, -0.25) is 19.9 Å². The standard InChI is InChI=1S/C46H42BrN7O2/c1-2-3-24-40-39(43(55)49-45(48-40)50-44(56)41(47)33-26-27-33)30-31-25-28-37(32-16-8-4-9-17-32)38(29-31)42-51-52-53-54(42)46(34-18-10-5-11-19-34,35-20-12-6-13-21-35)36-22-14-7-15-23-36/h4-23,25,28-29,33,41H,2-3,24,26-27,30H2,1H3,(H2,48,49,50,55,56). The Morgan fingerprint density at radius 1 is 0.839 bits per heavy atom. The molecule has 2 aromatic heterocycles. The number of carbonyl (C=O) groups is 1. The third kappa shape index (κ3) is 7.36. The van der Waals surface area contributed by atoms with Crippen molar-refractivity contribution in [1.29, 1.82) is 0 Å². The van der Waals surface area contributed by atoms with Crippen LogP contribution in [-0.2, 0) is 23.2 Å². The van der Waals surface area contributed by atoms with Crippen LogP contribution in [0.25, 0.3) is 22.5 Å². The number of amides is 1. The van der Waals surface area contributed by atoms with Gasteiger partial charge in [-0.25, -0.2) is 9.67 Å². The van der Waals surface area contributed by atoms with Crippen LogP contribution in [0, 0.1) is 5.92 Å². The molecule has 1 atom stereocenters. The van der Waals surface area contributed by atoms with Gasteiger partial charge < -0.3 is 0 Å². The number of benzene rings is 5. The summed E-state index contributed by atoms with van der Waals surface area (Å²) in [6.45, 7) is 2.11. The number of H-pyrrole nitrogens is 1. The van der Waals surface area contributed by atoms with Crippen LogP contribution in [0.5, 0.6) is 0 Å². The van der Waals surface area contributed by atoms with Crippen molar-refractivity contribution < 1.29 is 4.79 Å². The highest BCUT2D eigenvalue weighted by molar-refractivity contribution is 9.10. The molecule has 10 heteroatoms. The van der Waals surface area contributed by atoms with E-state index in [-0.39, 0.29) is 22.2 Å². The molecule has 7 aromatic rings. The van der Waals surface area contributed by atoms with E-state index in [1.165, 1.54) is 0 Å². The second-order valence-electron chi connectivity index (χ2n) is 14.3. The number of carbonyl (C=O) groups excluding carboxylic acids is 1. The molecule has 0 saturated heterocycles. The lowest BCUT2D eigenvalue weighted by molar-refractivity contribution is -0.115. The Kier molecular flexibility index (Phi) is 10.8. The summed E-state index contributed by atoms with van der Waals surface area (Å²) >= 11 is 3.52. The normalized spacial score (nSPS) is 13.3. The molecule has 1 unspecified atom stereocenters. The minimum atomic E-state index is -0.950. The molecular formula is C46H42BrN7O2. The molecule has 2 heterocycles. The highest BCUT2D eigenvalue weighted by Gasteiger charge is 2.42. The van der Waals surface area contributed by atoms with Crippen molar-refractivity contribution in [3.63, 3.8) is 0 Å².